The summed E-state index contributed by atoms with van der Waals surface area (Å²) in [6.45, 7) is 0.366. The van der Waals surface area contributed by atoms with Gasteiger partial charge in [-0.25, -0.2) is 0 Å². The molecule has 3 aromatic rings. The summed E-state index contributed by atoms with van der Waals surface area (Å²) in [5.41, 5.74) is 3.21. The third-order valence-corrected chi connectivity index (χ3v) is 4.19. The summed E-state index contributed by atoms with van der Waals surface area (Å²) >= 11 is 6.11. The number of pyridine rings is 1. The standard InChI is InChI=1S/C20H17ClN2O2/c1-25-18-8-6-14(7-9-18)16-10-17(12-22-11-16)20(24)23-13-15-4-2-3-5-19(15)21/h2-12H,13H2,1H3,(H,23,24). The van der Waals surface area contributed by atoms with Crippen molar-refractivity contribution in [1.29, 1.82) is 0 Å². The summed E-state index contributed by atoms with van der Waals surface area (Å²) < 4.78 is 5.16. The van der Waals surface area contributed by atoms with E-state index in [1.165, 1.54) is 0 Å². The number of rotatable bonds is 5. The summed E-state index contributed by atoms with van der Waals surface area (Å²) in [5, 5.41) is 3.50. The molecule has 4 nitrogen and oxygen atoms in total. The van der Waals surface area contributed by atoms with Gasteiger partial charge in [-0.3, -0.25) is 9.78 Å². The van der Waals surface area contributed by atoms with E-state index in [-0.39, 0.29) is 5.91 Å². The van der Waals surface area contributed by atoms with Crippen molar-refractivity contribution in [3.05, 3.63) is 83.1 Å². The first-order chi connectivity index (χ1) is 12.2. The van der Waals surface area contributed by atoms with Crippen molar-refractivity contribution in [2.75, 3.05) is 7.11 Å². The fraction of sp³-hybridized carbons (Fsp3) is 0.100. The van der Waals surface area contributed by atoms with Crippen molar-refractivity contribution in [1.82, 2.24) is 10.3 Å². The van der Waals surface area contributed by atoms with Crippen molar-refractivity contribution in [3.63, 3.8) is 0 Å². The Hall–Kier alpha value is -2.85. The van der Waals surface area contributed by atoms with E-state index < -0.39 is 0 Å². The van der Waals surface area contributed by atoms with E-state index in [9.17, 15) is 4.79 Å². The Kier molecular flexibility index (Phi) is 5.31. The number of carbonyl (C=O) groups excluding carboxylic acids is 1. The molecule has 0 radical (unpaired) electrons. The molecule has 1 amide bonds. The van der Waals surface area contributed by atoms with Crippen LogP contribution in [0, 0.1) is 0 Å². The van der Waals surface area contributed by atoms with Crippen molar-refractivity contribution in [3.8, 4) is 16.9 Å². The number of hydrogen-bond acceptors (Lipinski definition) is 3. The largest absolute Gasteiger partial charge is 0.497 e. The minimum Gasteiger partial charge on any atom is -0.497 e. The SMILES string of the molecule is COc1ccc(-c2cncc(C(=O)NCc3ccccc3Cl)c2)cc1. The summed E-state index contributed by atoms with van der Waals surface area (Å²) in [5.74, 6) is 0.591. The van der Waals surface area contributed by atoms with Gasteiger partial charge in [0, 0.05) is 29.5 Å². The number of halogens is 1. The van der Waals surface area contributed by atoms with Crippen molar-refractivity contribution in [2.45, 2.75) is 6.54 Å². The number of hydrogen-bond donors (Lipinski definition) is 1. The van der Waals surface area contributed by atoms with Crippen LogP contribution in [0.1, 0.15) is 15.9 Å². The second-order valence-electron chi connectivity index (χ2n) is 5.46. The Morgan fingerprint density at radius 1 is 1.08 bits per heavy atom. The van der Waals surface area contributed by atoms with E-state index in [0.29, 0.717) is 17.1 Å². The molecule has 0 unspecified atom stereocenters. The van der Waals surface area contributed by atoms with Gasteiger partial charge in [0.05, 0.1) is 12.7 Å². The van der Waals surface area contributed by atoms with Crippen molar-refractivity contribution in [2.24, 2.45) is 0 Å². The lowest BCUT2D eigenvalue weighted by Gasteiger charge is -2.08. The molecule has 0 aliphatic carbocycles. The number of methoxy groups -OCH3 is 1. The fourth-order valence-electron chi connectivity index (χ4n) is 2.42. The smallest absolute Gasteiger partial charge is 0.253 e. The predicted octanol–water partition coefficient (Wildman–Crippen LogP) is 4.34. The summed E-state index contributed by atoms with van der Waals surface area (Å²) in [7, 11) is 1.63. The van der Waals surface area contributed by atoms with Gasteiger partial charge in [-0.2, -0.15) is 0 Å². The second kappa shape index (κ2) is 7.81. The number of benzene rings is 2. The van der Waals surface area contributed by atoms with E-state index in [2.05, 4.69) is 10.3 Å². The van der Waals surface area contributed by atoms with Gasteiger partial charge < -0.3 is 10.1 Å². The first kappa shape index (κ1) is 17.0. The molecule has 1 N–H and O–H groups in total. The zero-order chi connectivity index (χ0) is 17.6. The number of amides is 1. The Morgan fingerprint density at radius 2 is 1.84 bits per heavy atom. The molecular weight excluding hydrogens is 336 g/mol. The molecule has 1 aromatic heterocycles. The number of nitrogens with zero attached hydrogens (tertiary/aromatic N) is 1. The quantitative estimate of drug-likeness (QED) is 0.743. The first-order valence-electron chi connectivity index (χ1n) is 7.78. The third-order valence-electron chi connectivity index (χ3n) is 3.82. The number of aromatic nitrogens is 1. The maximum Gasteiger partial charge on any atom is 0.253 e. The minimum atomic E-state index is -0.192. The van der Waals surface area contributed by atoms with Gasteiger partial charge in [-0.05, 0) is 35.4 Å². The van der Waals surface area contributed by atoms with E-state index in [1.54, 1.807) is 25.6 Å². The zero-order valence-corrected chi connectivity index (χ0v) is 14.5. The Bertz CT molecular complexity index is 879. The third kappa shape index (κ3) is 4.17. The zero-order valence-electron chi connectivity index (χ0n) is 13.7. The van der Waals surface area contributed by atoms with Crippen LogP contribution < -0.4 is 10.1 Å². The van der Waals surface area contributed by atoms with Crippen LogP contribution in [-0.4, -0.2) is 18.0 Å². The Labute approximate surface area is 151 Å². The predicted molar refractivity (Wildman–Crippen MR) is 98.8 cm³/mol. The van der Waals surface area contributed by atoms with E-state index in [0.717, 1.165) is 22.4 Å². The molecule has 0 saturated carbocycles. The summed E-state index contributed by atoms with van der Waals surface area (Å²) in [6, 6.07) is 16.9. The Morgan fingerprint density at radius 3 is 2.56 bits per heavy atom. The van der Waals surface area contributed by atoms with E-state index in [4.69, 9.17) is 16.3 Å². The molecule has 0 fully saturated rings. The first-order valence-corrected chi connectivity index (χ1v) is 8.16. The van der Waals surface area contributed by atoms with Crippen LogP contribution >= 0.6 is 11.6 Å². The topological polar surface area (TPSA) is 51.2 Å². The molecule has 1 heterocycles. The maximum atomic E-state index is 12.4. The van der Waals surface area contributed by atoms with Gasteiger partial charge in [0.2, 0.25) is 0 Å². The van der Waals surface area contributed by atoms with Gasteiger partial charge in [-0.15, -0.1) is 0 Å². The maximum absolute atomic E-state index is 12.4. The lowest BCUT2D eigenvalue weighted by atomic mass is 10.1. The average Bonchev–Trinajstić information content (AvgIpc) is 2.67. The monoisotopic (exact) mass is 352 g/mol. The lowest BCUT2D eigenvalue weighted by Crippen LogP contribution is -2.23. The van der Waals surface area contributed by atoms with Crippen molar-refractivity contribution < 1.29 is 9.53 Å². The summed E-state index contributed by atoms with van der Waals surface area (Å²) in [6.07, 6.45) is 3.28. The highest BCUT2D eigenvalue weighted by Crippen LogP contribution is 2.22. The van der Waals surface area contributed by atoms with Gasteiger partial charge in [0.25, 0.3) is 5.91 Å². The molecule has 0 spiro atoms. The van der Waals surface area contributed by atoms with Crippen molar-refractivity contribution >= 4 is 17.5 Å². The highest BCUT2D eigenvalue weighted by molar-refractivity contribution is 6.31. The second-order valence-corrected chi connectivity index (χ2v) is 5.87. The van der Waals surface area contributed by atoms with Gasteiger partial charge in [0.15, 0.2) is 0 Å². The van der Waals surface area contributed by atoms with Crippen LogP contribution in [0.4, 0.5) is 0 Å². The molecule has 0 saturated heterocycles. The van der Waals surface area contributed by atoms with Crippen LogP contribution in [-0.2, 0) is 6.54 Å². The molecule has 0 aliphatic heterocycles. The summed E-state index contributed by atoms with van der Waals surface area (Å²) in [4.78, 5) is 16.6. The van der Waals surface area contributed by atoms with Gasteiger partial charge in [0.1, 0.15) is 5.75 Å². The van der Waals surface area contributed by atoms with Crippen LogP contribution in [0.3, 0.4) is 0 Å². The molecular formula is C20H17ClN2O2. The van der Waals surface area contributed by atoms with Crippen LogP contribution in [0.5, 0.6) is 5.75 Å². The van der Waals surface area contributed by atoms with E-state index in [1.807, 2.05) is 48.5 Å². The van der Waals surface area contributed by atoms with Crippen LogP contribution in [0.2, 0.25) is 5.02 Å². The normalized spacial score (nSPS) is 10.3. The van der Waals surface area contributed by atoms with Gasteiger partial charge >= 0.3 is 0 Å². The molecule has 0 bridgehead atoms. The fourth-order valence-corrected chi connectivity index (χ4v) is 2.63. The molecule has 5 heteroatoms. The molecule has 3 rings (SSSR count). The molecule has 0 aliphatic rings. The number of nitrogens with one attached hydrogen (secondary N) is 1. The Balaban J connectivity index is 1.74. The van der Waals surface area contributed by atoms with Crippen LogP contribution in [0.25, 0.3) is 11.1 Å². The van der Waals surface area contributed by atoms with Gasteiger partial charge in [-0.1, -0.05) is 41.9 Å². The minimum absolute atomic E-state index is 0.192. The highest BCUT2D eigenvalue weighted by Gasteiger charge is 2.09. The van der Waals surface area contributed by atoms with E-state index >= 15 is 0 Å². The number of carbonyl (C=O) groups is 1. The molecule has 0 atom stereocenters. The molecule has 25 heavy (non-hydrogen) atoms. The highest BCUT2D eigenvalue weighted by atomic mass is 35.5. The molecule has 126 valence electrons. The molecule has 2 aromatic carbocycles. The average molecular weight is 353 g/mol. The lowest BCUT2D eigenvalue weighted by molar-refractivity contribution is 0.0950. The number of ether oxygens (including phenoxy) is 1. The van der Waals surface area contributed by atoms with Crippen LogP contribution in [0.15, 0.2) is 67.0 Å².